The summed E-state index contributed by atoms with van der Waals surface area (Å²) in [6.07, 6.45) is 2.64. The van der Waals surface area contributed by atoms with E-state index in [9.17, 15) is 0 Å². The van der Waals surface area contributed by atoms with E-state index in [0.717, 1.165) is 24.4 Å². The van der Waals surface area contributed by atoms with E-state index in [2.05, 4.69) is 35.4 Å². The Morgan fingerprint density at radius 2 is 2.05 bits per heavy atom. The van der Waals surface area contributed by atoms with Crippen molar-refractivity contribution in [2.45, 2.75) is 19.9 Å². The third kappa shape index (κ3) is 3.80. The molecule has 0 bridgehead atoms. The molecule has 0 aliphatic rings. The predicted molar refractivity (Wildman–Crippen MR) is 77.4 cm³/mol. The highest BCUT2D eigenvalue weighted by Gasteiger charge is 2.06. The van der Waals surface area contributed by atoms with Gasteiger partial charge < -0.3 is 10.1 Å². The molecule has 0 saturated heterocycles. The summed E-state index contributed by atoms with van der Waals surface area (Å²) in [5.41, 5.74) is 3.43. The maximum absolute atomic E-state index is 5.94. The molecular formula is C16H20N2O. The Morgan fingerprint density at radius 1 is 1.16 bits per heavy atom. The van der Waals surface area contributed by atoms with Gasteiger partial charge in [-0.25, -0.2) is 0 Å². The van der Waals surface area contributed by atoms with E-state index < -0.39 is 0 Å². The molecule has 0 spiro atoms. The first-order chi connectivity index (χ1) is 9.31. The van der Waals surface area contributed by atoms with Crippen LogP contribution in [0.25, 0.3) is 0 Å². The third-order valence-corrected chi connectivity index (χ3v) is 2.99. The lowest BCUT2D eigenvalue weighted by Gasteiger charge is -2.13. The molecule has 0 atom stereocenters. The van der Waals surface area contributed by atoms with Gasteiger partial charge in [0.1, 0.15) is 5.75 Å². The van der Waals surface area contributed by atoms with E-state index >= 15 is 0 Å². The number of nitrogens with one attached hydrogen (secondary N) is 1. The first kappa shape index (κ1) is 13.6. The fourth-order valence-corrected chi connectivity index (χ4v) is 2.05. The molecule has 3 nitrogen and oxygen atoms in total. The molecule has 0 aliphatic carbocycles. The molecule has 0 fully saturated rings. The molecule has 0 radical (unpaired) electrons. The van der Waals surface area contributed by atoms with Crippen LogP contribution in [0.15, 0.2) is 42.6 Å². The molecule has 2 aromatic rings. The van der Waals surface area contributed by atoms with E-state index in [1.165, 1.54) is 11.1 Å². The van der Waals surface area contributed by atoms with Crippen molar-refractivity contribution in [3.05, 3.63) is 59.4 Å². The highest BCUT2D eigenvalue weighted by atomic mass is 16.5. The lowest BCUT2D eigenvalue weighted by molar-refractivity contribution is 0.314. The number of para-hydroxylation sites is 1. The van der Waals surface area contributed by atoms with Crippen LogP contribution in [0.4, 0.5) is 0 Å². The standard InChI is InChI=1S/C16H20N2O/c1-13-6-5-7-14(12-17-2)16(13)19-11-9-15-8-3-4-10-18-15/h3-8,10,17H,9,11-12H2,1-2H3. The van der Waals surface area contributed by atoms with E-state index in [0.29, 0.717) is 6.61 Å². The number of rotatable bonds is 6. The maximum Gasteiger partial charge on any atom is 0.126 e. The average molecular weight is 256 g/mol. The summed E-state index contributed by atoms with van der Waals surface area (Å²) in [5.74, 6) is 0.993. The van der Waals surface area contributed by atoms with Crippen LogP contribution >= 0.6 is 0 Å². The fraction of sp³-hybridized carbons (Fsp3) is 0.312. The zero-order chi connectivity index (χ0) is 13.5. The number of aromatic nitrogens is 1. The van der Waals surface area contributed by atoms with Gasteiger partial charge in [0.25, 0.3) is 0 Å². The molecule has 1 N–H and O–H groups in total. The van der Waals surface area contributed by atoms with Gasteiger partial charge in [0.15, 0.2) is 0 Å². The van der Waals surface area contributed by atoms with Gasteiger partial charge in [-0.1, -0.05) is 24.3 Å². The average Bonchev–Trinajstić information content (AvgIpc) is 2.43. The minimum absolute atomic E-state index is 0.651. The molecule has 1 aromatic carbocycles. The van der Waals surface area contributed by atoms with Crippen LogP contribution in [-0.4, -0.2) is 18.6 Å². The van der Waals surface area contributed by atoms with Crippen LogP contribution in [0.1, 0.15) is 16.8 Å². The molecule has 3 heteroatoms. The third-order valence-electron chi connectivity index (χ3n) is 2.99. The van der Waals surface area contributed by atoms with Gasteiger partial charge >= 0.3 is 0 Å². The Bertz CT molecular complexity index is 511. The van der Waals surface area contributed by atoms with Crippen molar-refractivity contribution >= 4 is 0 Å². The van der Waals surface area contributed by atoms with Crippen LogP contribution in [0.5, 0.6) is 5.75 Å². The number of pyridine rings is 1. The zero-order valence-corrected chi connectivity index (χ0v) is 11.5. The van der Waals surface area contributed by atoms with E-state index in [1.807, 2.05) is 31.4 Å². The van der Waals surface area contributed by atoms with E-state index in [1.54, 1.807) is 0 Å². The SMILES string of the molecule is CNCc1cccc(C)c1OCCc1ccccn1. The molecular weight excluding hydrogens is 236 g/mol. The summed E-state index contributed by atoms with van der Waals surface area (Å²) in [7, 11) is 1.94. The summed E-state index contributed by atoms with van der Waals surface area (Å²) >= 11 is 0. The normalized spacial score (nSPS) is 10.4. The smallest absolute Gasteiger partial charge is 0.126 e. The van der Waals surface area contributed by atoms with Crippen LogP contribution in [0.2, 0.25) is 0 Å². The molecule has 0 amide bonds. The Labute approximate surface area is 114 Å². The van der Waals surface area contributed by atoms with Gasteiger partial charge in [0, 0.05) is 30.4 Å². The number of benzene rings is 1. The predicted octanol–water partition coefficient (Wildman–Crippen LogP) is 2.73. The highest BCUT2D eigenvalue weighted by molar-refractivity contribution is 5.40. The summed E-state index contributed by atoms with van der Waals surface area (Å²) in [5, 5.41) is 3.17. The van der Waals surface area contributed by atoms with Crippen molar-refractivity contribution in [3.8, 4) is 5.75 Å². The number of hydrogen-bond donors (Lipinski definition) is 1. The van der Waals surface area contributed by atoms with Gasteiger partial charge in [-0.3, -0.25) is 4.98 Å². The first-order valence-corrected chi connectivity index (χ1v) is 6.57. The van der Waals surface area contributed by atoms with Crippen LogP contribution in [0.3, 0.4) is 0 Å². The molecule has 0 unspecified atom stereocenters. The molecule has 100 valence electrons. The highest BCUT2D eigenvalue weighted by Crippen LogP contribution is 2.23. The van der Waals surface area contributed by atoms with Crippen LogP contribution < -0.4 is 10.1 Å². The minimum Gasteiger partial charge on any atom is -0.493 e. The van der Waals surface area contributed by atoms with E-state index in [-0.39, 0.29) is 0 Å². The summed E-state index contributed by atoms with van der Waals surface area (Å²) in [6, 6.07) is 12.2. The van der Waals surface area contributed by atoms with Crippen molar-refractivity contribution in [2.24, 2.45) is 0 Å². The maximum atomic E-state index is 5.94. The minimum atomic E-state index is 0.651. The summed E-state index contributed by atoms with van der Waals surface area (Å²) in [4.78, 5) is 4.30. The monoisotopic (exact) mass is 256 g/mol. The summed E-state index contributed by atoms with van der Waals surface area (Å²) in [6.45, 7) is 3.55. The molecule has 0 saturated carbocycles. The van der Waals surface area contributed by atoms with Crippen molar-refractivity contribution in [1.29, 1.82) is 0 Å². The fourth-order valence-electron chi connectivity index (χ4n) is 2.05. The number of nitrogens with zero attached hydrogens (tertiary/aromatic N) is 1. The Morgan fingerprint density at radius 3 is 2.79 bits per heavy atom. The van der Waals surface area contributed by atoms with Crippen molar-refractivity contribution < 1.29 is 4.74 Å². The topological polar surface area (TPSA) is 34.1 Å². The van der Waals surface area contributed by atoms with Crippen LogP contribution in [-0.2, 0) is 13.0 Å². The lowest BCUT2D eigenvalue weighted by atomic mass is 10.1. The van der Waals surface area contributed by atoms with Crippen molar-refractivity contribution in [3.63, 3.8) is 0 Å². The van der Waals surface area contributed by atoms with Crippen LogP contribution in [0, 0.1) is 6.92 Å². The molecule has 19 heavy (non-hydrogen) atoms. The summed E-state index contributed by atoms with van der Waals surface area (Å²) < 4.78 is 5.94. The number of ether oxygens (including phenoxy) is 1. The lowest BCUT2D eigenvalue weighted by Crippen LogP contribution is -2.10. The zero-order valence-electron chi connectivity index (χ0n) is 11.5. The van der Waals surface area contributed by atoms with Gasteiger partial charge in [0.2, 0.25) is 0 Å². The van der Waals surface area contributed by atoms with Gasteiger partial charge in [-0.05, 0) is 31.7 Å². The molecule has 1 heterocycles. The number of hydrogen-bond acceptors (Lipinski definition) is 3. The second kappa shape index (κ2) is 6.90. The van der Waals surface area contributed by atoms with Crippen molar-refractivity contribution in [1.82, 2.24) is 10.3 Å². The second-order valence-electron chi connectivity index (χ2n) is 4.51. The molecule has 0 aliphatic heterocycles. The Balaban J connectivity index is 1.99. The Kier molecular flexibility index (Phi) is 4.93. The largest absolute Gasteiger partial charge is 0.493 e. The molecule has 1 aromatic heterocycles. The van der Waals surface area contributed by atoms with Gasteiger partial charge in [-0.15, -0.1) is 0 Å². The van der Waals surface area contributed by atoms with Gasteiger partial charge in [0.05, 0.1) is 6.61 Å². The Hall–Kier alpha value is -1.87. The van der Waals surface area contributed by atoms with Gasteiger partial charge in [-0.2, -0.15) is 0 Å². The van der Waals surface area contributed by atoms with Crippen molar-refractivity contribution in [2.75, 3.05) is 13.7 Å². The molecule has 2 rings (SSSR count). The second-order valence-corrected chi connectivity index (χ2v) is 4.51. The van der Waals surface area contributed by atoms with E-state index in [4.69, 9.17) is 4.74 Å². The first-order valence-electron chi connectivity index (χ1n) is 6.57. The number of aryl methyl sites for hydroxylation is 1. The quantitative estimate of drug-likeness (QED) is 0.863.